The fourth-order valence-electron chi connectivity index (χ4n) is 4.17. The Morgan fingerprint density at radius 1 is 1.28 bits per heavy atom. The predicted octanol–water partition coefficient (Wildman–Crippen LogP) is 3.48. The largest absolute Gasteiger partial charge is 0.435 e. The van der Waals surface area contributed by atoms with Crippen molar-refractivity contribution in [1.82, 2.24) is 5.32 Å². The van der Waals surface area contributed by atoms with Crippen LogP contribution >= 0.6 is 12.4 Å². The minimum absolute atomic E-state index is 0. The molecule has 3 rings (SSSR count). The molecule has 2 unspecified atom stereocenters. The van der Waals surface area contributed by atoms with Gasteiger partial charge in [0.1, 0.15) is 5.75 Å². The van der Waals surface area contributed by atoms with Crippen molar-refractivity contribution in [2.75, 3.05) is 0 Å². The Labute approximate surface area is 152 Å². The van der Waals surface area contributed by atoms with E-state index in [9.17, 15) is 13.6 Å². The number of halogens is 3. The standard InChI is InChI=1S/C18H24F2N2O2.ClH/c19-18(20)24-15-6-1-3-11(7-15)10-22-17(23)14-8-12-4-2-5-13(9-14)16(12)21;/h1,3,6-7,12-14,16,18H,2,4-5,8-10,21H2,(H,22,23);1H. The molecule has 2 aliphatic carbocycles. The number of fused-ring (bicyclic) bond motifs is 2. The molecule has 25 heavy (non-hydrogen) atoms. The Morgan fingerprint density at radius 3 is 2.60 bits per heavy atom. The second-order valence-corrected chi connectivity index (χ2v) is 6.94. The van der Waals surface area contributed by atoms with Crippen LogP contribution in [0.5, 0.6) is 5.75 Å². The highest BCUT2D eigenvalue weighted by Gasteiger charge is 2.40. The SMILES string of the molecule is Cl.NC1C2CCCC1CC(C(=O)NCc1cccc(OC(F)F)c1)C2. The van der Waals surface area contributed by atoms with Crippen molar-refractivity contribution < 1.29 is 18.3 Å². The van der Waals surface area contributed by atoms with Crippen molar-refractivity contribution in [1.29, 1.82) is 0 Å². The molecular weight excluding hydrogens is 350 g/mol. The molecule has 2 fully saturated rings. The maximum Gasteiger partial charge on any atom is 0.387 e. The molecular formula is C18H25ClF2N2O2. The van der Waals surface area contributed by atoms with Crippen molar-refractivity contribution in [3.63, 3.8) is 0 Å². The van der Waals surface area contributed by atoms with E-state index in [0.29, 0.717) is 18.4 Å². The van der Waals surface area contributed by atoms with E-state index >= 15 is 0 Å². The lowest BCUT2D eigenvalue weighted by Gasteiger charge is -2.43. The molecule has 1 aromatic rings. The van der Waals surface area contributed by atoms with Crippen LogP contribution in [-0.2, 0) is 11.3 Å². The van der Waals surface area contributed by atoms with Crippen LogP contribution in [0.25, 0.3) is 0 Å². The summed E-state index contributed by atoms with van der Waals surface area (Å²) in [5, 5.41) is 2.93. The Bertz CT molecular complexity index is 574. The molecule has 0 saturated heterocycles. The number of nitrogens with one attached hydrogen (secondary N) is 1. The molecule has 7 heteroatoms. The normalized spacial score (nSPS) is 28.2. The quantitative estimate of drug-likeness (QED) is 0.829. The average molecular weight is 375 g/mol. The topological polar surface area (TPSA) is 64.4 Å². The zero-order valence-electron chi connectivity index (χ0n) is 14.0. The van der Waals surface area contributed by atoms with Gasteiger partial charge in [0.2, 0.25) is 5.91 Å². The van der Waals surface area contributed by atoms with Crippen LogP contribution in [0.4, 0.5) is 8.78 Å². The van der Waals surface area contributed by atoms with Gasteiger partial charge in [-0.15, -0.1) is 12.4 Å². The maximum absolute atomic E-state index is 12.5. The Balaban J connectivity index is 0.00000225. The summed E-state index contributed by atoms with van der Waals surface area (Å²) in [6.07, 6.45) is 5.17. The molecule has 140 valence electrons. The number of hydrogen-bond donors (Lipinski definition) is 2. The van der Waals surface area contributed by atoms with Crippen molar-refractivity contribution in [2.45, 2.75) is 51.3 Å². The molecule has 2 atom stereocenters. The third-order valence-corrected chi connectivity index (χ3v) is 5.37. The minimum atomic E-state index is -2.85. The zero-order chi connectivity index (χ0) is 17.1. The van der Waals surface area contributed by atoms with E-state index in [1.165, 1.54) is 18.6 Å². The number of hydrogen-bond acceptors (Lipinski definition) is 3. The van der Waals surface area contributed by atoms with Gasteiger partial charge in [-0.3, -0.25) is 4.79 Å². The summed E-state index contributed by atoms with van der Waals surface area (Å²) < 4.78 is 28.9. The lowest BCUT2D eigenvalue weighted by Crippen LogP contribution is -2.49. The lowest BCUT2D eigenvalue weighted by molar-refractivity contribution is -0.128. The Morgan fingerprint density at radius 2 is 1.96 bits per heavy atom. The smallest absolute Gasteiger partial charge is 0.387 e. The molecule has 2 bridgehead atoms. The van der Waals surface area contributed by atoms with E-state index in [4.69, 9.17) is 5.73 Å². The van der Waals surface area contributed by atoms with Gasteiger partial charge < -0.3 is 15.8 Å². The molecule has 0 heterocycles. The molecule has 0 aliphatic heterocycles. The van der Waals surface area contributed by atoms with E-state index in [0.717, 1.165) is 31.2 Å². The highest BCUT2D eigenvalue weighted by Crippen LogP contribution is 2.41. The number of rotatable bonds is 5. The fraction of sp³-hybridized carbons (Fsp3) is 0.611. The van der Waals surface area contributed by atoms with Gasteiger partial charge in [-0.05, 0) is 55.2 Å². The Kier molecular flexibility index (Phi) is 7.02. The molecule has 2 saturated carbocycles. The Hall–Kier alpha value is -1.40. The average Bonchev–Trinajstić information content (AvgIpc) is 2.52. The lowest BCUT2D eigenvalue weighted by atomic mass is 9.65. The third-order valence-electron chi connectivity index (χ3n) is 5.37. The van der Waals surface area contributed by atoms with Gasteiger partial charge in [0.25, 0.3) is 0 Å². The number of benzene rings is 1. The van der Waals surface area contributed by atoms with E-state index in [1.807, 2.05) is 0 Å². The van der Waals surface area contributed by atoms with Crippen molar-refractivity contribution in [3.8, 4) is 5.75 Å². The maximum atomic E-state index is 12.5. The molecule has 0 aromatic heterocycles. The number of ether oxygens (including phenoxy) is 1. The summed E-state index contributed by atoms with van der Waals surface area (Å²) in [5.74, 6) is 1.07. The van der Waals surface area contributed by atoms with Crippen molar-refractivity contribution >= 4 is 18.3 Å². The molecule has 3 N–H and O–H groups in total. The first-order valence-electron chi connectivity index (χ1n) is 8.60. The minimum Gasteiger partial charge on any atom is -0.435 e. The second kappa shape index (κ2) is 8.81. The van der Waals surface area contributed by atoms with Crippen LogP contribution in [0, 0.1) is 17.8 Å². The highest BCUT2D eigenvalue weighted by atomic mass is 35.5. The third kappa shape index (κ3) is 5.05. The van der Waals surface area contributed by atoms with E-state index in [2.05, 4.69) is 10.1 Å². The highest BCUT2D eigenvalue weighted by molar-refractivity contribution is 5.85. The summed E-state index contributed by atoms with van der Waals surface area (Å²) in [6, 6.07) is 6.66. The van der Waals surface area contributed by atoms with Crippen LogP contribution in [-0.4, -0.2) is 18.6 Å². The molecule has 4 nitrogen and oxygen atoms in total. The predicted molar refractivity (Wildman–Crippen MR) is 93.7 cm³/mol. The summed E-state index contributed by atoms with van der Waals surface area (Å²) in [4.78, 5) is 12.5. The molecule has 1 amide bonds. The number of nitrogens with two attached hydrogens (primary N) is 1. The van der Waals surface area contributed by atoms with Gasteiger partial charge in [0, 0.05) is 18.5 Å². The first kappa shape index (κ1) is 19.9. The number of alkyl halides is 2. The van der Waals surface area contributed by atoms with Crippen LogP contribution in [0.3, 0.4) is 0 Å². The van der Waals surface area contributed by atoms with Gasteiger partial charge in [-0.25, -0.2) is 0 Å². The monoisotopic (exact) mass is 374 g/mol. The van der Waals surface area contributed by atoms with Gasteiger partial charge in [-0.1, -0.05) is 18.6 Å². The van der Waals surface area contributed by atoms with Gasteiger partial charge in [0.15, 0.2) is 0 Å². The summed E-state index contributed by atoms with van der Waals surface area (Å²) in [6.45, 7) is -2.53. The van der Waals surface area contributed by atoms with Crippen LogP contribution in [0.15, 0.2) is 24.3 Å². The summed E-state index contributed by atoms with van der Waals surface area (Å²) >= 11 is 0. The van der Waals surface area contributed by atoms with Crippen molar-refractivity contribution in [3.05, 3.63) is 29.8 Å². The van der Waals surface area contributed by atoms with E-state index < -0.39 is 6.61 Å². The van der Waals surface area contributed by atoms with E-state index in [1.54, 1.807) is 12.1 Å². The van der Waals surface area contributed by atoms with Gasteiger partial charge in [0.05, 0.1) is 0 Å². The molecule has 1 aromatic carbocycles. The zero-order valence-corrected chi connectivity index (χ0v) is 14.8. The molecule has 2 aliphatic rings. The van der Waals surface area contributed by atoms with Crippen LogP contribution < -0.4 is 15.8 Å². The molecule has 0 radical (unpaired) electrons. The summed E-state index contributed by atoms with van der Waals surface area (Å²) in [7, 11) is 0. The van der Waals surface area contributed by atoms with Crippen LogP contribution in [0.2, 0.25) is 0 Å². The van der Waals surface area contributed by atoms with Gasteiger partial charge in [-0.2, -0.15) is 8.78 Å². The molecule has 0 spiro atoms. The second-order valence-electron chi connectivity index (χ2n) is 6.94. The first-order chi connectivity index (χ1) is 11.5. The fourth-order valence-corrected chi connectivity index (χ4v) is 4.17. The van der Waals surface area contributed by atoms with Gasteiger partial charge >= 0.3 is 6.61 Å². The summed E-state index contributed by atoms with van der Waals surface area (Å²) in [5.41, 5.74) is 7.01. The van der Waals surface area contributed by atoms with Crippen molar-refractivity contribution in [2.24, 2.45) is 23.5 Å². The number of amides is 1. The number of carbonyl (C=O) groups excluding carboxylic acids is 1. The number of carbonyl (C=O) groups is 1. The van der Waals surface area contributed by atoms with E-state index in [-0.39, 0.29) is 36.0 Å². The van der Waals surface area contributed by atoms with Crippen LogP contribution in [0.1, 0.15) is 37.7 Å². The first-order valence-corrected chi connectivity index (χ1v) is 8.60.